The third-order valence-corrected chi connectivity index (χ3v) is 8.11. The molecule has 0 aromatic heterocycles. The highest BCUT2D eigenvalue weighted by atomic mass is 16.7. The number of aliphatic hydroxyl groups is 2. The van der Waals surface area contributed by atoms with E-state index in [1.54, 1.807) is 0 Å². The minimum absolute atomic E-state index is 0.0120. The van der Waals surface area contributed by atoms with Crippen LogP contribution in [0, 0.1) is 29.6 Å². The van der Waals surface area contributed by atoms with Crippen molar-refractivity contribution in [3.05, 3.63) is 48.6 Å². The van der Waals surface area contributed by atoms with Gasteiger partial charge in [-0.05, 0) is 12.8 Å². The van der Waals surface area contributed by atoms with Crippen LogP contribution < -0.4 is 11.1 Å². The molecule has 8 heteroatoms. The van der Waals surface area contributed by atoms with Crippen molar-refractivity contribution in [2.45, 2.75) is 62.6 Å². The van der Waals surface area contributed by atoms with E-state index in [0.717, 1.165) is 0 Å². The van der Waals surface area contributed by atoms with Crippen molar-refractivity contribution < 1.29 is 29.2 Å². The van der Waals surface area contributed by atoms with E-state index < -0.39 is 36.2 Å². The summed E-state index contributed by atoms with van der Waals surface area (Å²) < 4.78 is 18.7. The fraction of sp³-hybridized carbons (Fsp3) is 0.654. The molecule has 0 aromatic carbocycles. The lowest BCUT2D eigenvalue weighted by Crippen LogP contribution is -2.61. The van der Waals surface area contributed by atoms with Gasteiger partial charge in [0.1, 0.15) is 18.3 Å². The molecule has 2 aliphatic carbocycles. The van der Waals surface area contributed by atoms with Crippen LogP contribution in [0.5, 0.6) is 0 Å². The Morgan fingerprint density at radius 2 is 1.85 bits per heavy atom. The molecule has 12 unspecified atom stereocenters. The Morgan fingerprint density at radius 1 is 1.12 bits per heavy atom. The minimum atomic E-state index is -1.13. The van der Waals surface area contributed by atoms with E-state index in [1.165, 1.54) is 0 Å². The molecule has 2 fully saturated rings. The summed E-state index contributed by atoms with van der Waals surface area (Å²) in [6.45, 7) is 4.66. The molecule has 0 spiro atoms. The van der Waals surface area contributed by atoms with Gasteiger partial charge in [0.05, 0.1) is 30.8 Å². The normalized spacial score (nSPS) is 50.3. The molecule has 5 N–H and O–H groups in total. The second kappa shape index (κ2) is 9.33. The van der Waals surface area contributed by atoms with Gasteiger partial charge < -0.3 is 35.5 Å². The van der Waals surface area contributed by atoms with Crippen molar-refractivity contribution in [2.75, 3.05) is 13.2 Å². The molecule has 5 rings (SSSR count). The topological polar surface area (TPSA) is 123 Å². The third kappa shape index (κ3) is 4.21. The number of rotatable bonds is 2. The molecule has 2 saturated heterocycles. The molecule has 5 aliphatic rings. The molecule has 0 bridgehead atoms. The van der Waals surface area contributed by atoms with Crippen LogP contribution in [-0.4, -0.2) is 71.6 Å². The zero-order valence-corrected chi connectivity index (χ0v) is 19.7. The number of hydrogen-bond donors (Lipinski definition) is 4. The maximum atomic E-state index is 12.8. The first kappa shape index (κ1) is 23.9. The number of hydrogen-bond acceptors (Lipinski definition) is 7. The van der Waals surface area contributed by atoms with E-state index in [2.05, 4.69) is 54.8 Å². The lowest BCUT2D eigenvalue weighted by atomic mass is 9.60. The van der Waals surface area contributed by atoms with Gasteiger partial charge in [-0.1, -0.05) is 55.5 Å². The molecular formula is C26H36N2O6. The minimum Gasteiger partial charge on any atom is -0.389 e. The van der Waals surface area contributed by atoms with Crippen molar-refractivity contribution in [2.24, 2.45) is 35.3 Å². The predicted octanol–water partition coefficient (Wildman–Crippen LogP) is 0.807. The van der Waals surface area contributed by atoms with Gasteiger partial charge in [0.2, 0.25) is 5.91 Å². The van der Waals surface area contributed by atoms with Crippen molar-refractivity contribution in [3.8, 4) is 0 Å². The number of carbonyl (C=O) groups excluding carboxylic acids is 1. The van der Waals surface area contributed by atoms with E-state index in [1.807, 2.05) is 13.0 Å². The van der Waals surface area contributed by atoms with Crippen LogP contribution in [0.2, 0.25) is 0 Å². The standard InChI is InChI=1S/C26H36N2O6/c1-14-5-3-4-6-15-7-8-16-9-10-19(33-25-23(27)24(31)17(29)13-32-25)26(2)22(16)21(15)18(34-26)11-20(30)28-12-14/h3-10,14-19,21-25,29,31H,11-13,27H2,1-2H3,(H,28,30). The largest absolute Gasteiger partial charge is 0.389 e. The van der Waals surface area contributed by atoms with Gasteiger partial charge in [0.15, 0.2) is 6.29 Å². The van der Waals surface area contributed by atoms with Crippen LogP contribution in [0.1, 0.15) is 20.3 Å². The first-order chi connectivity index (χ1) is 16.3. The highest BCUT2D eigenvalue weighted by Crippen LogP contribution is 2.56. The highest BCUT2D eigenvalue weighted by Gasteiger charge is 2.62. The second-order valence-corrected chi connectivity index (χ2v) is 10.5. The van der Waals surface area contributed by atoms with E-state index >= 15 is 0 Å². The summed E-state index contributed by atoms with van der Waals surface area (Å²) in [4.78, 5) is 12.8. The summed E-state index contributed by atoms with van der Waals surface area (Å²) in [6.07, 6.45) is 13.5. The zero-order valence-electron chi connectivity index (χ0n) is 19.7. The average Bonchev–Trinajstić information content (AvgIpc) is 3.11. The molecule has 186 valence electrons. The molecule has 0 radical (unpaired) electrons. The summed E-state index contributed by atoms with van der Waals surface area (Å²) in [6, 6.07) is -0.880. The van der Waals surface area contributed by atoms with Crippen molar-refractivity contribution in [3.63, 3.8) is 0 Å². The maximum absolute atomic E-state index is 12.8. The van der Waals surface area contributed by atoms with Gasteiger partial charge in [0, 0.05) is 30.2 Å². The lowest BCUT2D eigenvalue weighted by molar-refractivity contribution is -0.263. The van der Waals surface area contributed by atoms with Crippen LogP contribution in [-0.2, 0) is 19.0 Å². The number of nitrogens with two attached hydrogens (primary N) is 1. The number of amides is 1. The van der Waals surface area contributed by atoms with Crippen molar-refractivity contribution in [1.82, 2.24) is 5.32 Å². The first-order valence-electron chi connectivity index (χ1n) is 12.3. The Morgan fingerprint density at radius 3 is 2.68 bits per heavy atom. The quantitative estimate of drug-likeness (QED) is 0.439. The van der Waals surface area contributed by atoms with Crippen molar-refractivity contribution >= 4 is 5.91 Å². The number of ether oxygens (including phenoxy) is 3. The maximum Gasteiger partial charge on any atom is 0.222 e. The van der Waals surface area contributed by atoms with Gasteiger partial charge in [-0.2, -0.15) is 0 Å². The Balaban J connectivity index is 1.44. The highest BCUT2D eigenvalue weighted by molar-refractivity contribution is 5.76. The van der Waals surface area contributed by atoms with E-state index in [4.69, 9.17) is 19.9 Å². The Hall–Kier alpha value is -1.81. The summed E-state index contributed by atoms with van der Waals surface area (Å²) in [7, 11) is 0. The van der Waals surface area contributed by atoms with E-state index in [0.29, 0.717) is 6.54 Å². The number of carbonyl (C=O) groups is 1. The van der Waals surface area contributed by atoms with Gasteiger partial charge in [0.25, 0.3) is 0 Å². The molecule has 3 heterocycles. The summed E-state index contributed by atoms with van der Waals surface area (Å²) in [5.74, 6) is 0.747. The number of allylic oxidation sites excluding steroid dienone is 6. The molecule has 8 nitrogen and oxygen atoms in total. The van der Waals surface area contributed by atoms with Crippen LogP contribution in [0.3, 0.4) is 0 Å². The molecule has 34 heavy (non-hydrogen) atoms. The lowest BCUT2D eigenvalue weighted by Gasteiger charge is -2.47. The molecule has 0 saturated carbocycles. The summed E-state index contributed by atoms with van der Waals surface area (Å²) in [5.41, 5.74) is 5.41. The van der Waals surface area contributed by atoms with Gasteiger partial charge in [-0.25, -0.2) is 0 Å². The summed E-state index contributed by atoms with van der Waals surface area (Å²) in [5, 5.41) is 23.1. The second-order valence-electron chi connectivity index (χ2n) is 10.5. The van der Waals surface area contributed by atoms with Crippen molar-refractivity contribution in [1.29, 1.82) is 0 Å². The van der Waals surface area contributed by atoms with Crippen LogP contribution >= 0.6 is 0 Å². The number of nitrogens with one attached hydrogen (secondary N) is 1. The summed E-state index contributed by atoms with van der Waals surface area (Å²) >= 11 is 0. The predicted molar refractivity (Wildman–Crippen MR) is 125 cm³/mol. The van der Waals surface area contributed by atoms with Gasteiger partial charge in [-0.15, -0.1) is 0 Å². The van der Waals surface area contributed by atoms with Crippen LogP contribution in [0.25, 0.3) is 0 Å². The smallest absolute Gasteiger partial charge is 0.222 e. The molecular weight excluding hydrogens is 436 g/mol. The fourth-order valence-corrected chi connectivity index (χ4v) is 6.28. The van der Waals surface area contributed by atoms with E-state index in [-0.39, 0.29) is 54.6 Å². The Kier molecular flexibility index (Phi) is 6.56. The third-order valence-electron chi connectivity index (χ3n) is 8.11. The van der Waals surface area contributed by atoms with E-state index in [9.17, 15) is 15.0 Å². The molecule has 0 aromatic rings. The molecule has 1 amide bonds. The SMILES string of the molecule is CC1C=CC=CC2C=CC3C=CC(OC4OCC(O)C(O)C4N)C4(C)OC(CC(=O)NC1)C2C34. The van der Waals surface area contributed by atoms with Crippen LogP contribution in [0.15, 0.2) is 48.6 Å². The first-order valence-corrected chi connectivity index (χ1v) is 12.3. The zero-order chi connectivity index (χ0) is 24.0. The van der Waals surface area contributed by atoms with Crippen LogP contribution in [0.4, 0.5) is 0 Å². The molecule has 3 aliphatic heterocycles. The van der Waals surface area contributed by atoms with Gasteiger partial charge >= 0.3 is 0 Å². The van der Waals surface area contributed by atoms with Gasteiger partial charge in [-0.3, -0.25) is 4.79 Å². The average molecular weight is 473 g/mol. The monoisotopic (exact) mass is 472 g/mol. The fourth-order valence-electron chi connectivity index (χ4n) is 6.28. The molecule has 12 atom stereocenters. The Labute approximate surface area is 200 Å². The number of aliphatic hydroxyl groups excluding tert-OH is 2. The Bertz CT molecular complexity index is 902.